The van der Waals surface area contributed by atoms with Gasteiger partial charge in [-0.15, -0.1) is 0 Å². The van der Waals surface area contributed by atoms with Crippen molar-refractivity contribution in [2.75, 3.05) is 0 Å². The maximum Gasteiger partial charge on any atom is 0.270 e. The van der Waals surface area contributed by atoms with Crippen LogP contribution in [-0.2, 0) is 6.42 Å². The third kappa shape index (κ3) is 2.98. The molecule has 6 heteroatoms. The van der Waals surface area contributed by atoms with Crippen LogP contribution in [0, 0.1) is 12.7 Å². The maximum atomic E-state index is 14.2. The highest BCUT2D eigenvalue weighted by molar-refractivity contribution is 5.92. The summed E-state index contributed by atoms with van der Waals surface area (Å²) in [4.78, 5) is 16.7. The number of hydrogen-bond donors (Lipinski definition) is 1. The summed E-state index contributed by atoms with van der Waals surface area (Å²) < 4.78 is 15.8. The monoisotopic (exact) mass is 350 g/mol. The highest BCUT2D eigenvalue weighted by Gasteiger charge is 2.27. The van der Waals surface area contributed by atoms with Crippen LogP contribution in [0.2, 0.25) is 0 Å². The number of carbonyl (C=O) groups is 1. The number of nitrogens with one attached hydrogen (secondary N) is 1. The van der Waals surface area contributed by atoms with E-state index in [-0.39, 0.29) is 17.8 Å². The van der Waals surface area contributed by atoms with E-state index in [1.165, 1.54) is 6.07 Å². The van der Waals surface area contributed by atoms with E-state index in [0.29, 0.717) is 11.4 Å². The lowest BCUT2D eigenvalue weighted by Gasteiger charge is -2.24. The van der Waals surface area contributed by atoms with Crippen molar-refractivity contribution in [3.63, 3.8) is 0 Å². The number of benzene rings is 1. The number of fused-ring (bicyclic) bond motifs is 1. The van der Waals surface area contributed by atoms with Crippen LogP contribution in [0.4, 0.5) is 4.39 Å². The van der Waals surface area contributed by atoms with E-state index in [0.717, 1.165) is 36.1 Å². The molecule has 1 aromatic carbocycles. The minimum absolute atomic E-state index is 0.144. The lowest BCUT2D eigenvalue weighted by molar-refractivity contribution is 0.0927. The molecule has 1 atom stereocenters. The first-order valence-electron chi connectivity index (χ1n) is 8.68. The van der Waals surface area contributed by atoms with Crippen LogP contribution >= 0.6 is 0 Å². The van der Waals surface area contributed by atoms with Gasteiger partial charge in [0.25, 0.3) is 5.91 Å². The zero-order valence-corrected chi connectivity index (χ0v) is 14.4. The zero-order chi connectivity index (χ0) is 18.1. The Morgan fingerprint density at radius 2 is 2.15 bits per heavy atom. The fourth-order valence-electron chi connectivity index (χ4n) is 3.43. The van der Waals surface area contributed by atoms with E-state index >= 15 is 0 Å². The van der Waals surface area contributed by atoms with Gasteiger partial charge in [0.05, 0.1) is 12.2 Å². The lowest BCUT2D eigenvalue weighted by Crippen LogP contribution is -2.31. The number of amides is 1. The number of halogens is 1. The summed E-state index contributed by atoms with van der Waals surface area (Å²) in [6.45, 7) is 1.93. The van der Waals surface area contributed by atoms with Crippen molar-refractivity contribution in [3.05, 3.63) is 77.1 Å². The number of hydrogen-bond acceptors (Lipinski definition) is 3. The minimum atomic E-state index is -0.312. The number of carbonyl (C=O) groups excluding carboxylic acids is 1. The molecule has 0 aliphatic heterocycles. The number of aryl methyl sites for hydroxylation is 1. The Labute approximate surface area is 150 Å². The summed E-state index contributed by atoms with van der Waals surface area (Å²) in [6.07, 6.45) is 5.90. The highest BCUT2D eigenvalue weighted by atomic mass is 19.1. The summed E-state index contributed by atoms with van der Waals surface area (Å²) in [6, 6.07) is 10.1. The predicted molar refractivity (Wildman–Crippen MR) is 95.6 cm³/mol. The number of rotatable bonds is 3. The van der Waals surface area contributed by atoms with E-state index in [2.05, 4.69) is 15.4 Å². The quantitative estimate of drug-likeness (QED) is 0.786. The fourth-order valence-corrected chi connectivity index (χ4v) is 3.43. The second kappa shape index (κ2) is 6.71. The Bertz CT molecular complexity index is 966. The standard InChI is InChI=1S/C20H19FN4O/c1-13-9-10-22-17(11-13)20(26)24-16-6-4-8-18-14(16)12-23-25(18)19-7-3-2-5-15(19)21/h2-3,5,7,9-12,16H,4,6,8H2,1H3,(H,24,26)/t16-/m1/s1. The van der Waals surface area contributed by atoms with Crippen molar-refractivity contribution in [1.82, 2.24) is 20.1 Å². The molecule has 0 fully saturated rings. The first-order valence-corrected chi connectivity index (χ1v) is 8.68. The van der Waals surface area contributed by atoms with Crippen LogP contribution in [0.1, 0.15) is 46.2 Å². The molecule has 1 aliphatic rings. The van der Waals surface area contributed by atoms with E-state index in [9.17, 15) is 9.18 Å². The van der Waals surface area contributed by atoms with Crippen molar-refractivity contribution in [2.24, 2.45) is 0 Å². The van der Waals surface area contributed by atoms with Crippen LogP contribution in [0.3, 0.4) is 0 Å². The van der Waals surface area contributed by atoms with Crippen molar-refractivity contribution in [3.8, 4) is 5.69 Å². The molecule has 1 aliphatic carbocycles. The van der Waals surface area contributed by atoms with Gasteiger partial charge < -0.3 is 5.32 Å². The average molecular weight is 350 g/mol. The molecule has 26 heavy (non-hydrogen) atoms. The van der Waals surface area contributed by atoms with Gasteiger partial charge in [-0.2, -0.15) is 5.10 Å². The number of nitrogens with zero attached hydrogens (tertiary/aromatic N) is 3. The van der Waals surface area contributed by atoms with E-state index in [1.54, 1.807) is 41.3 Å². The minimum Gasteiger partial charge on any atom is -0.344 e. The summed E-state index contributed by atoms with van der Waals surface area (Å²) in [5.74, 6) is -0.515. The Balaban J connectivity index is 1.63. The molecule has 1 amide bonds. The molecule has 0 spiro atoms. The number of aromatic nitrogens is 3. The molecule has 0 saturated carbocycles. The largest absolute Gasteiger partial charge is 0.344 e. The van der Waals surface area contributed by atoms with E-state index in [1.807, 2.05) is 13.0 Å². The molecule has 1 N–H and O–H groups in total. The van der Waals surface area contributed by atoms with Crippen molar-refractivity contribution in [1.29, 1.82) is 0 Å². The predicted octanol–water partition coefficient (Wildman–Crippen LogP) is 3.52. The molecule has 4 rings (SSSR count). The van der Waals surface area contributed by atoms with Crippen molar-refractivity contribution < 1.29 is 9.18 Å². The van der Waals surface area contributed by atoms with Gasteiger partial charge in [0, 0.05) is 17.5 Å². The second-order valence-corrected chi connectivity index (χ2v) is 6.55. The average Bonchev–Trinajstić information content (AvgIpc) is 3.07. The number of para-hydroxylation sites is 1. The number of pyridine rings is 1. The Kier molecular flexibility index (Phi) is 4.24. The van der Waals surface area contributed by atoms with Gasteiger partial charge in [-0.1, -0.05) is 12.1 Å². The second-order valence-electron chi connectivity index (χ2n) is 6.55. The molecule has 0 bridgehead atoms. The third-order valence-corrected chi connectivity index (χ3v) is 4.72. The van der Waals surface area contributed by atoms with Crippen molar-refractivity contribution in [2.45, 2.75) is 32.2 Å². The van der Waals surface area contributed by atoms with Crippen LogP contribution in [0.25, 0.3) is 5.69 Å². The first kappa shape index (κ1) is 16.4. The first-order chi connectivity index (χ1) is 12.6. The molecular weight excluding hydrogens is 331 g/mol. The summed E-state index contributed by atoms with van der Waals surface area (Å²) >= 11 is 0. The molecule has 2 aromatic heterocycles. The summed E-state index contributed by atoms with van der Waals surface area (Å²) in [5.41, 5.74) is 3.71. The van der Waals surface area contributed by atoms with Crippen molar-refractivity contribution >= 4 is 5.91 Å². The van der Waals surface area contributed by atoms with Crippen LogP contribution in [0.15, 0.2) is 48.8 Å². The van der Waals surface area contributed by atoms with Gasteiger partial charge in [0.15, 0.2) is 0 Å². The van der Waals surface area contributed by atoms with Gasteiger partial charge in [-0.3, -0.25) is 9.78 Å². The molecular formula is C20H19FN4O. The Morgan fingerprint density at radius 3 is 2.96 bits per heavy atom. The highest BCUT2D eigenvalue weighted by Crippen LogP contribution is 2.31. The fraction of sp³-hybridized carbons (Fsp3) is 0.250. The smallest absolute Gasteiger partial charge is 0.270 e. The molecule has 2 heterocycles. The van der Waals surface area contributed by atoms with Gasteiger partial charge in [0.2, 0.25) is 0 Å². The normalized spacial score (nSPS) is 16.2. The van der Waals surface area contributed by atoms with Crippen LogP contribution < -0.4 is 5.32 Å². The van der Waals surface area contributed by atoms with Gasteiger partial charge in [0.1, 0.15) is 17.2 Å². The molecule has 3 aromatic rings. The zero-order valence-electron chi connectivity index (χ0n) is 14.4. The third-order valence-electron chi connectivity index (χ3n) is 4.72. The Morgan fingerprint density at radius 1 is 1.31 bits per heavy atom. The molecule has 0 radical (unpaired) electrons. The van der Waals surface area contributed by atoms with Crippen LogP contribution in [-0.4, -0.2) is 20.7 Å². The van der Waals surface area contributed by atoms with Gasteiger partial charge in [-0.25, -0.2) is 9.07 Å². The molecule has 132 valence electrons. The molecule has 0 saturated heterocycles. The topological polar surface area (TPSA) is 59.8 Å². The van der Waals surface area contributed by atoms with Crippen LogP contribution in [0.5, 0.6) is 0 Å². The van der Waals surface area contributed by atoms with Gasteiger partial charge >= 0.3 is 0 Å². The maximum absolute atomic E-state index is 14.2. The Hall–Kier alpha value is -3.02. The SMILES string of the molecule is Cc1ccnc(C(=O)N[C@@H]2CCCc3c2cnn3-c2ccccc2F)c1. The molecule has 5 nitrogen and oxygen atoms in total. The van der Waals surface area contributed by atoms with Gasteiger partial charge in [-0.05, 0) is 56.0 Å². The molecule has 0 unspecified atom stereocenters. The van der Waals surface area contributed by atoms with E-state index < -0.39 is 0 Å². The van der Waals surface area contributed by atoms with E-state index in [4.69, 9.17) is 0 Å². The summed E-state index contributed by atoms with van der Waals surface area (Å²) in [5, 5.41) is 7.43. The summed E-state index contributed by atoms with van der Waals surface area (Å²) in [7, 11) is 0. The lowest BCUT2D eigenvalue weighted by atomic mass is 9.92.